The van der Waals surface area contributed by atoms with Crippen LogP contribution in [0.25, 0.3) is 11.1 Å². The lowest BCUT2D eigenvalue weighted by molar-refractivity contribution is -0.0907. The number of hydrogen-bond acceptors (Lipinski definition) is 11. The van der Waals surface area contributed by atoms with E-state index in [1.54, 1.807) is 6.07 Å². The van der Waals surface area contributed by atoms with E-state index >= 15 is 0 Å². The molecule has 0 aliphatic carbocycles. The second-order valence-electron chi connectivity index (χ2n) is 12.6. The van der Waals surface area contributed by atoms with E-state index in [2.05, 4.69) is 15.6 Å². The van der Waals surface area contributed by atoms with Gasteiger partial charge in [-0.3, -0.25) is 0 Å². The van der Waals surface area contributed by atoms with Gasteiger partial charge in [-0.2, -0.15) is 9.29 Å². The smallest absolute Gasteiger partial charge is 0.407 e. The summed E-state index contributed by atoms with van der Waals surface area (Å²) in [5, 5.41) is 17.5. The number of carbonyl (C=O) groups is 1. The lowest BCUT2D eigenvalue weighted by Crippen LogP contribution is -2.51. The van der Waals surface area contributed by atoms with Crippen molar-refractivity contribution >= 4 is 33.2 Å². The van der Waals surface area contributed by atoms with Gasteiger partial charge < -0.3 is 39.3 Å². The maximum absolute atomic E-state index is 14.0. The Morgan fingerprint density at radius 2 is 1.91 bits per heavy atom. The summed E-state index contributed by atoms with van der Waals surface area (Å²) in [5.41, 5.74) is 1.72. The van der Waals surface area contributed by atoms with Crippen molar-refractivity contribution in [1.82, 2.24) is 19.5 Å². The molecule has 3 aromatic rings. The number of likely N-dealkylation sites (N-methyl/N-ethyl adjacent to an activating group) is 1. The van der Waals surface area contributed by atoms with Gasteiger partial charge in [0.1, 0.15) is 11.6 Å². The molecule has 2 aliphatic heterocycles. The number of fused-ring (bicyclic) bond motifs is 2. The Balaban J connectivity index is 1.33. The maximum atomic E-state index is 14.0. The summed E-state index contributed by atoms with van der Waals surface area (Å²) in [4.78, 5) is 19.5. The third kappa shape index (κ3) is 8.55. The molecule has 3 N–H and O–H groups in total. The fourth-order valence-corrected chi connectivity index (χ4v) is 7.35. The molecule has 0 spiro atoms. The van der Waals surface area contributed by atoms with Crippen LogP contribution in [0.5, 0.6) is 0 Å². The van der Waals surface area contributed by atoms with Crippen molar-refractivity contribution in [2.75, 3.05) is 58.8 Å². The summed E-state index contributed by atoms with van der Waals surface area (Å²) in [6, 6.07) is 13.4. The number of sulfonamides is 1. The molecule has 14 heteroatoms. The van der Waals surface area contributed by atoms with Gasteiger partial charge in [0.2, 0.25) is 10.0 Å². The van der Waals surface area contributed by atoms with Crippen molar-refractivity contribution in [2.45, 2.75) is 56.1 Å². The Kier molecular flexibility index (Phi) is 11.2. The van der Waals surface area contributed by atoms with Crippen molar-refractivity contribution in [2.24, 2.45) is 11.8 Å². The first-order valence-corrected chi connectivity index (χ1v) is 17.2. The summed E-state index contributed by atoms with van der Waals surface area (Å²) in [7, 11) is -0.160. The first-order chi connectivity index (χ1) is 22.0. The first kappa shape index (κ1) is 34.1. The van der Waals surface area contributed by atoms with E-state index in [1.165, 1.54) is 16.4 Å². The largest absolute Gasteiger partial charge is 0.443 e. The van der Waals surface area contributed by atoms with Crippen LogP contribution in [0.1, 0.15) is 25.8 Å². The van der Waals surface area contributed by atoms with Gasteiger partial charge in [0.05, 0.1) is 36.2 Å². The number of aliphatic hydroxyl groups is 1. The van der Waals surface area contributed by atoms with Crippen molar-refractivity contribution in [3.05, 3.63) is 54.1 Å². The van der Waals surface area contributed by atoms with Crippen LogP contribution in [0.2, 0.25) is 0 Å². The van der Waals surface area contributed by atoms with Crippen LogP contribution >= 0.6 is 0 Å². The molecule has 2 aromatic carbocycles. The fourth-order valence-electron chi connectivity index (χ4n) is 5.71. The van der Waals surface area contributed by atoms with Gasteiger partial charge >= 0.3 is 6.09 Å². The molecular formula is C32H45N5O8S. The van der Waals surface area contributed by atoms with Crippen LogP contribution in [0, 0.1) is 11.8 Å². The molecule has 2 fully saturated rings. The van der Waals surface area contributed by atoms with E-state index in [1.807, 2.05) is 63.2 Å². The molecule has 252 valence electrons. The van der Waals surface area contributed by atoms with Gasteiger partial charge in [0.25, 0.3) is 6.01 Å². The van der Waals surface area contributed by atoms with Crippen molar-refractivity contribution < 1.29 is 36.9 Å². The van der Waals surface area contributed by atoms with Gasteiger partial charge in [-0.25, -0.2) is 13.2 Å². The Hall–Kier alpha value is -3.27. The quantitative estimate of drug-likeness (QED) is 0.221. The minimum Gasteiger partial charge on any atom is -0.443 e. The average Bonchev–Trinajstić information content (AvgIpc) is 3.73. The predicted molar refractivity (Wildman–Crippen MR) is 172 cm³/mol. The van der Waals surface area contributed by atoms with Gasteiger partial charge in [-0.1, -0.05) is 44.2 Å². The lowest BCUT2D eigenvalue weighted by Gasteiger charge is -2.31. The highest BCUT2D eigenvalue weighted by Crippen LogP contribution is 2.33. The lowest BCUT2D eigenvalue weighted by atomic mass is 10.0. The van der Waals surface area contributed by atoms with Crippen LogP contribution < -0.4 is 10.6 Å². The molecule has 0 saturated carbocycles. The number of nitrogens with zero attached hydrogens (tertiary/aromatic N) is 3. The first-order valence-electron chi connectivity index (χ1n) is 15.7. The molecule has 5 atom stereocenters. The second kappa shape index (κ2) is 15.1. The molecular weight excluding hydrogens is 614 g/mol. The van der Waals surface area contributed by atoms with E-state index in [-0.39, 0.29) is 49.1 Å². The Morgan fingerprint density at radius 1 is 1.13 bits per heavy atom. The number of nitrogens with one attached hydrogen (secondary N) is 2. The number of rotatable bonds is 15. The SMILES string of the molecule is CC(C)CN(CC(O)C(Cc1ccccc1)NC(=O)OC1COC2OCCC12)S(=O)(=O)c1ccc2nc(NCCN(C)C)oc2c1. The Morgan fingerprint density at radius 3 is 2.65 bits per heavy atom. The Bertz CT molecular complexity index is 1550. The van der Waals surface area contributed by atoms with Crippen molar-refractivity contribution in [3.8, 4) is 0 Å². The average molecular weight is 660 g/mol. The van der Waals surface area contributed by atoms with Crippen LogP contribution in [-0.4, -0.2) is 112 Å². The normalized spacial score (nSPS) is 21.2. The summed E-state index contributed by atoms with van der Waals surface area (Å²) >= 11 is 0. The number of oxazole rings is 1. The number of amides is 1. The maximum Gasteiger partial charge on any atom is 0.407 e. The summed E-state index contributed by atoms with van der Waals surface area (Å²) in [6.45, 7) is 5.87. The molecule has 13 nitrogen and oxygen atoms in total. The number of carbonyl (C=O) groups excluding carboxylic acids is 1. The highest BCUT2D eigenvalue weighted by Gasteiger charge is 2.44. The van der Waals surface area contributed by atoms with Crippen molar-refractivity contribution in [3.63, 3.8) is 0 Å². The number of anilines is 1. The number of hydrogen-bond donors (Lipinski definition) is 3. The molecule has 5 rings (SSSR count). The third-order valence-corrected chi connectivity index (χ3v) is 9.93. The number of aliphatic hydroxyl groups excluding tert-OH is 1. The van der Waals surface area contributed by atoms with E-state index in [0.717, 1.165) is 18.5 Å². The minimum atomic E-state index is -4.08. The molecule has 5 unspecified atom stereocenters. The number of ether oxygens (including phenoxy) is 3. The molecule has 1 aromatic heterocycles. The fraction of sp³-hybridized carbons (Fsp3) is 0.562. The van der Waals surface area contributed by atoms with Crippen LogP contribution in [0.15, 0.2) is 57.8 Å². The Labute approximate surface area is 270 Å². The number of benzene rings is 2. The second-order valence-corrected chi connectivity index (χ2v) is 14.5. The van der Waals surface area contributed by atoms with Crippen molar-refractivity contribution in [1.29, 1.82) is 0 Å². The number of alkyl carbamates (subject to hydrolysis) is 1. The third-order valence-electron chi connectivity index (χ3n) is 8.10. The van der Waals surface area contributed by atoms with E-state index in [9.17, 15) is 18.3 Å². The van der Waals surface area contributed by atoms with Crippen LogP contribution in [0.3, 0.4) is 0 Å². The summed E-state index contributed by atoms with van der Waals surface area (Å²) in [6.07, 6.45) is -1.81. The van der Waals surface area contributed by atoms with E-state index < -0.39 is 34.4 Å². The van der Waals surface area contributed by atoms with Gasteiger partial charge in [0.15, 0.2) is 11.9 Å². The molecule has 46 heavy (non-hydrogen) atoms. The molecule has 2 aliphatic rings. The predicted octanol–water partition coefficient (Wildman–Crippen LogP) is 2.91. The molecule has 1 amide bonds. The zero-order valence-electron chi connectivity index (χ0n) is 26.8. The van der Waals surface area contributed by atoms with Crippen LogP contribution in [0.4, 0.5) is 10.8 Å². The van der Waals surface area contributed by atoms with Gasteiger partial charge in [0, 0.05) is 32.2 Å². The molecule has 3 heterocycles. The zero-order chi connectivity index (χ0) is 32.8. The molecule has 0 bridgehead atoms. The van der Waals surface area contributed by atoms with E-state index in [0.29, 0.717) is 30.3 Å². The minimum absolute atomic E-state index is 0.0189. The topological polar surface area (TPSA) is 156 Å². The molecule has 2 saturated heterocycles. The number of aromatic nitrogens is 1. The van der Waals surface area contributed by atoms with Gasteiger partial charge in [-0.05, 0) is 50.6 Å². The van der Waals surface area contributed by atoms with Gasteiger partial charge in [-0.15, -0.1) is 0 Å². The monoisotopic (exact) mass is 659 g/mol. The molecule has 0 radical (unpaired) electrons. The summed E-state index contributed by atoms with van der Waals surface area (Å²) < 4.78 is 52.0. The summed E-state index contributed by atoms with van der Waals surface area (Å²) in [5.74, 6) is -0.0838. The van der Waals surface area contributed by atoms with E-state index in [4.69, 9.17) is 18.6 Å². The standard InChI is InChI=1S/C32H45N5O8S/c1-21(2)18-37(46(40,41)23-10-11-25-28(17-23)44-31(34-25)33-13-14-36(3)4)19-27(38)26(16-22-8-6-5-7-9-22)35-32(39)45-29-20-43-30-24(29)12-15-42-30/h5-11,17,21,24,26-27,29-30,38H,12-16,18-20H2,1-4H3,(H,33,34)(H,35,39). The van der Waals surface area contributed by atoms with Crippen LogP contribution in [-0.2, 0) is 30.7 Å². The highest BCUT2D eigenvalue weighted by molar-refractivity contribution is 7.89. The zero-order valence-corrected chi connectivity index (χ0v) is 27.6. The highest BCUT2D eigenvalue weighted by atomic mass is 32.2.